The predicted octanol–water partition coefficient (Wildman–Crippen LogP) is 3.05. The highest BCUT2D eigenvalue weighted by molar-refractivity contribution is 7.12. The molecule has 2 fully saturated rings. The first-order chi connectivity index (χ1) is 10.7. The van der Waals surface area contributed by atoms with E-state index >= 15 is 0 Å². The Bertz CT molecular complexity index is 529. The molecule has 22 heavy (non-hydrogen) atoms. The van der Waals surface area contributed by atoms with Crippen LogP contribution in [0.1, 0.15) is 55.1 Å². The van der Waals surface area contributed by atoms with Gasteiger partial charge in [0.1, 0.15) is 6.04 Å². The van der Waals surface area contributed by atoms with Gasteiger partial charge in [0.05, 0.1) is 4.88 Å². The fraction of sp³-hybridized carbons (Fsp3) is 0.647. The molecule has 3 atom stereocenters. The molecule has 1 aromatic rings. The topological polar surface area (TPSA) is 49.4 Å². The van der Waals surface area contributed by atoms with Crippen LogP contribution in [0.4, 0.5) is 0 Å². The minimum atomic E-state index is -0.288. The summed E-state index contributed by atoms with van der Waals surface area (Å²) < 4.78 is 0. The van der Waals surface area contributed by atoms with Crippen molar-refractivity contribution in [1.82, 2.24) is 10.2 Å². The molecule has 120 valence electrons. The fourth-order valence-electron chi connectivity index (χ4n) is 3.63. The Morgan fingerprint density at radius 2 is 2.05 bits per heavy atom. The van der Waals surface area contributed by atoms with Crippen LogP contribution < -0.4 is 5.32 Å². The second-order valence-electron chi connectivity index (χ2n) is 6.51. The second kappa shape index (κ2) is 6.82. The standard InChI is InChI=1S/C17H24N2O2S/c1-12-6-2-3-7-13(12)18-16(20)14-8-4-10-19(14)17(21)15-9-5-11-22-15/h5,9,11-14H,2-4,6-8,10H2,1H3,(H,18,20)/t12-,13-,14+/m1/s1. The summed E-state index contributed by atoms with van der Waals surface area (Å²) in [6.45, 7) is 2.91. The average molecular weight is 320 g/mol. The zero-order valence-corrected chi connectivity index (χ0v) is 13.9. The molecule has 0 unspecified atom stereocenters. The number of hydrogen-bond donors (Lipinski definition) is 1. The van der Waals surface area contributed by atoms with Crippen molar-refractivity contribution in [3.05, 3.63) is 22.4 Å². The molecule has 1 aromatic heterocycles. The maximum atomic E-state index is 12.6. The van der Waals surface area contributed by atoms with E-state index in [-0.39, 0.29) is 23.9 Å². The molecule has 2 heterocycles. The zero-order valence-electron chi connectivity index (χ0n) is 13.1. The van der Waals surface area contributed by atoms with Gasteiger partial charge >= 0.3 is 0 Å². The number of amides is 2. The van der Waals surface area contributed by atoms with Crippen molar-refractivity contribution in [2.24, 2.45) is 5.92 Å². The van der Waals surface area contributed by atoms with Gasteiger partial charge in [-0.25, -0.2) is 0 Å². The molecule has 0 bridgehead atoms. The van der Waals surface area contributed by atoms with Gasteiger partial charge in [0.15, 0.2) is 0 Å². The largest absolute Gasteiger partial charge is 0.351 e. The van der Waals surface area contributed by atoms with Crippen molar-refractivity contribution < 1.29 is 9.59 Å². The maximum absolute atomic E-state index is 12.6. The molecule has 1 aliphatic heterocycles. The lowest BCUT2D eigenvalue weighted by atomic mass is 9.86. The van der Waals surface area contributed by atoms with Gasteiger partial charge in [-0.1, -0.05) is 25.8 Å². The molecule has 1 N–H and O–H groups in total. The number of carbonyl (C=O) groups excluding carboxylic acids is 2. The van der Waals surface area contributed by atoms with Crippen LogP contribution >= 0.6 is 11.3 Å². The first-order valence-electron chi connectivity index (χ1n) is 8.31. The van der Waals surface area contributed by atoms with Crippen LogP contribution in [0.2, 0.25) is 0 Å². The van der Waals surface area contributed by atoms with E-state index in [1.54, 1.807) is 4.90 Å². The molecule has 0 aromatic carbocycles. The number of likely N-dealkylation sites (tertiary alicyclic amines) is 1. The van der Waals surface area contributed by atoms with E-state index < -0.39 is 0 Å². The van der Waals surface area contributed by atoms with E-state index in [4.69, 9.17) is 0 Å². The summed E-state index contributed by atoms with van der Waals surface area (Å²) in [6, 6.07) is 3.71. The van der Waals surface area contributed by atoms with Crippen molar-refractivity contribution in [1.29, 1.82) is 0 Å². The lowest BCUT2D eigenvalue weighted by Gasteiger charge is -2.32. The van der Waals surface area contributed by atoms with Gasteiger partial charge < -0.3 is 10.2 Å². The Labute approximate surface area is 135 Å². The SMILES string of the molecule is C[C@@H]1CCCC[C@H]1NC(=O)[C@@H]1CCCN1C(=O)c1cccs1. The highest BCUT2D eigenvalue weighted by Crippen LogP contribution is 2.26. The summed E-state index contributed by atoms with van der Waals surface area (Å²) in [5.41, 5.74) is 0. The Hall–Kier alpha value is -1.36. The zero-order chi connectivity index (χ0) is 15.5. The molecule has 2 amide bonds. The third kappa shape index (κ3) is 3.19. The van der Waals surface area contributed by atoms with Crippen molar-refractivity contribution in [2.45, 2.75) is 57.5 Å². The maximum Gasteiger partial charge on any atom is 0.264 e. The second-order valence-corrected chi connectivity index (χ2v) is 7.46. The van der Waals surface area contributed by atoms with Gasteiger partial charge in [0.2, 0.25) is 5.91 Å². The van der Waals surface area contributed by atoms with Gasteiger partial charge in [0, 0.05) is 12.6 Å². The highest BCUT2D eigenvalue weighted by atomic mass is 32.1. The Morgan fingerprint density at radius 1 is 1.23 bits per heavy atom. The van der Waals surface area contributed by atoms with E-state index in [0.29, 0.717) is 12.5 Å². The number of rotatable bonds is 3. The number of carbonyl (C=O) groups is 2. The number of nitrogens with zero attached hydrogens (tertiary/aromatic N) is 1. The Morgan fingerprint density at radius 3 is 2.77 bits per heavy atom. The van der Waals surface area contributed by atoms with Gasteiger partial charge in [-0.05, 0) is 43.0 Å². The molecule has 1 aliphatic carbocycles. The van der Waals surface area contributed by atoms with Crippen LogP contribution in [-0.4, -0.2) is 35.3 Å². The minimum Gasteiger partial charge on any atom is -0.351 e. The van der Waals surface area contributed by atoms with Gasteiger partial charge in [-0.2, -0.15) is 0 Å². The number of nitrogens with one attached hydrogen (secondary N) is 1. The van der Waals surface area contributed by atoms with Crippen molar-refractivity contribution >= 4 is 23.2 Å². The van der Waals surface area contributed by atoms with Crippen LogP contribution in [0.15, 0.2) is 17.5 Å². The molecular weight excluding hydrogens is 296 g/mol. The minimum absolute atomic E-state index is 0.00402. The summed E-state index contributed by atoms with van der Waals surface area (Å²) in [6.07, 6.45) is 6.41. The predicted molar refractivity (Wildman–Crippen MR) is 87.9 cm³/mol. The lowest BCUT2D eigenvalue weighted by molar-refractivity contribution is -0.126. The van der Waals surface area contributed by atoms with Crippen LogP contribution in [0, 0.1) is 5.92 Å². The molecule has 4 nitrogen and oxygen atoms in total. The lowest BCUT2D eigenvalue weighted by Crippen LogP contribution is -2.50. The number of hydrogen-bond acceptors (Lipinski definition) is 3. The van der Waals surface area contributed by atoms with Crippen molar-refractivity contribution in [3.8, 4) is 0 Å². The molecule has 3 rings (SSSR count). The summed E-state index contributed by atoms with van der Waals surface area (Å²) in [5.74, 6) is 0.589. The quantitative estimate of drug-likeness (QED) is 0.930. The Balaban J connectivity index is 1.64. The fourth-order valence-corrected chi connectivity index (χ4v) is 4.31. The van der Waals surface area contributed by atoms with Gasteiger partial charge in [-0.15, -0.1) is 11.3 Å². The summed E-state index contributed by atoms with van der Waals surface area (Å²) in [7, 11) is 0. The Kier molecular flexibility index (Phi) is 4.81. The molecule has 0 spiro atoms. The average Bonchev–Trinajstić information content (AvgIpc) is 3.20. The normalized spacial score (nSPS) is 28.6. The first-order valence-corrected chi connectivity index (χ1v) is 9.19. The molecule has 1 saturated heterocycles. The van der Waals surface area contributed by atoms with E-state index in [1.807, 2.05) is 17.5 Å². The van der Waals surface area contributed by atoms with E-state index in [9.17, 15) is 9.59 Å². The van der Waals surface area contributed by atoms with E-state index in [0.717, 1.165) is 24.1 Å². The van der Waals surface area contributed by atoms with Crippen LogP contribution in [0.25, 0.3) is 0 Å². The van der Waals surface area contributed by atoms with Gasteiger partial charge in [-0.3, -0.25) is 9.59 Å². The van der Waals surface area contributed by atoms with Crippen molar-refractivity contribution in [3.63, 3.8) is 0 Å². The number of thiophene rings is 1. The highest BCUT2D eigenvalue weighted by Gasteiger charge is 2.36. The molecule has 5 heteroatoms. The molecule has 0 radical (unpaired) electrons. The van der Waals surface area contributed by atoms with E-state index in [2.05, 4.69) is 12.2 Å². The molecule has 1 saturated carbocycles. The van der Waals surface area contributed by atoms with Crippen molar-refractivity contribution in [2.75, 3.05) is 6.54 Å². The monoisotopic (exact) mass is 320 g/mol. The van der Waals surface area contributed by atoms with Gasteiger partial charge in [0.25, 0.3) is 5.91 Å². The first kappa shape index (κ1) is 15.5. The van der Waals surface area contributed by atoms with Crippen LogP contribution in [0.5, 0.6) is 0 Å². The van der Waals surface area contributed by atoms with Crippen LogP contribution in [0.3, 0.4) is 0 Å². The summed E-state index contributed by atoms with van der Waals surface area (Å²) in [5, 5.41) is 5.12. The molecule has 2 aliphatic rings. The molecular formula is C17H24N2O2S. The summed E-state index contributed by atoms with van der Waals surface area (Å²) in [4.78, 5) is 27.7. The van der Waals surface area contributed by atoms with Crippen LogP contribution in [-0.2, 0) is 4.79 Å². The smallest absolute Gasteiger partial charge is 0.264 e. The summed E-state index contributed by atoms with van der Waals surface area (Å²) >= 11 is 1.44. The van der Waals surface area contributed by atoms with E-state index in [1.165, 1.54) is 30.6 Å². The third-order valence-corrected chi connectivity index (χ3v) is 5.85. The third-order valence-electron chi connectivity index (χ3n) is 4.99.